The maximum Gasteiger partial charge on any atom is 0.410 e. The molecule has 26 heavy (non-hydrogen) atoms. The first-order valence-corrected chi connectivity index (χ1v) is 8.55. The molecular weight excluding hydrogens is 336 g/mol. The molecule has 1 amide bonds. The molecule has 1 aliphatic heterocycles. The minimum atomic E-state index is -0.538. The summed E-state index contributed by atoms with van der Waals surface area (Å²) < 4.78 is 10.2. The Hall–Kier alpha value is -2.51. The Morgan fingerprint density at radius 1 is 1.23 bits per heavy atom. The van der Waals surface area contributed by atoms with E-state index in [1.807, 2.05) is 39.5 Å². The quantitative estimate of drug-likeness (QED) is 0.804. The van der Waals surface area contributed by atoms with Crippen molar-refractivity contribution in [3.63, 3.8) is 0 Å². The van der Waals surface area contributed by atoms with Crippen LogP contribution in [0.3, 0.4) is 0 Å². The van der Waals surface area contributed by atoms with E-state index in [0.29, 0.717) is 25.5 Å². The van der Waals surface area contributed by atoms with E-state index in [1.54, 1.807) is 17.0 Å². The fourth-order valence-electron chi connectivity index (χ4n) is 2.93. The number of aromatic nitrogens is 1. The number of nitrogens with two attached hydrogens (primary N) is 1. The number of piperazine rings is 1. The van der Waals surface area contributed by atoms with Gasteiger partial charge in [-0.3, -0.25) is 4.90 Å². The Morgan fingerprint density at radius 2 is 1.88 bits per heavy atom. The summed E-state index contributed by atoms with van der Waals surface area (Å²) in [6, 6.07) is 3.35. The Balaban J connectivity index is 2.15. The van der Waals surface area contributed by atoms with Gasteiger partial charge >= 0.3 is 12.1 Å². The van der Waals surface area contributed by atoms with Gasteiger partial charge in [0.15, 0.2) is 0 Å². The van der Waals surface area contributed by atoms with Crippen molar-refractivity contribution >= 4 is 23.7 Å². The summed E-state index contributed by atoms with van der Waals surface area (Å²) in [5.41, 5.74) is 5.15. The number of hydrogen-bond acceptors (Lipinski definition) is 7. The zero-order valence-electron chi connectivity index (χ0n) is 16.3. The molecule has 0 unspecified atom stereocenters. The van der Waals surface area contributed by atoms with Gasteiger partial charge in [0.1, 0.15) is 22.8 Å². The van der Waals surface area contributed by atoms with Gasteiger partial charge in [-0.1, -0.05) is 0 Å². The van der Waals surface area contributed by atoms with Crippen LogP contribution in [0.4, 0.5) is 16.4 Å². The third-order valence-corrected chi connectivity index (χ3v) is 4.16. The standard InChI is InChI=1S/C18H28N4O4/c1-17(2,3)26-16(24)22-10-9-21(11-18(22,4)5)13-8-7-12(14(19)20-13)15(23)25-6/h7-8H,9-11H2,1-6H3,(H2,19,20). The molecule has 1 aliphatic rings. The Morgan fingerprint density at radius 3 is 2.38 bits per heavy atom. The molecule has 0 aromatic carbocycles. The van der Waals surface area contributed by atoms with E-state index in [2.05, 4.69) is 9.72 Å². The molecule has 0 bridgehead atoms. The van der Waals surface area contributed by atoms with Crippen molar-refractivity contribution in [3.05, 3.63) is 17.7 Å². The second-order valence-electron chi connectivity index (χ2n) is 7.96. The normalized spacial score (nSPS) is 17.0. The Kier molecular flexibility index (Phi) is 5.34. The van der Waals surface area contributed by atoms with Gasteiger partial charge in [0.25, 0.3) is 0 Å². The number of carbonyl (C=O) groups excluding carboxylic acids is 2. The molecule has 2 rings (SSSR count). The van der Waals surface area contributed by atoms with Crippen molar-refractivity contribution in [1.29, 1.82) is 0 Å². The Bertz CT molecular complexity index is 697. The largest absolute Gasteiger partial charge is 0.465 e. The van der Waals surface area contributed by atoms with Gasteiger partial charge in [-0.25, -0.2) is 14.6 Å². The van der Waals surface area contributed by atoms with Crippen molar-refractivity contribution < 1.29 is 19.1 Å². The van der Waals surface area contributed by atoms with Crippen LogP contribution in [-0.2, 0) is 9.47 Å². The highest BCUT2D eigenvalue weighted by atomic mass is 16.6. The first-order valence-electron chi connectivity index (χ1n) is 8.55. The summed E-state index contributed by atoms with van der Waals surface area (Å²) in [4.78, 5) is 32.2. The zero-order valence-corrected chi connectivity index (χ0v) is 16.3. The lowest BCUT2D eigenvalue weighted by Gasteiger charge is -2.47. The van der Waals surface area contributed by atoms with Crippen molar-refractivity contribution in [2.75, 3.05) is 37.4 Å². The van der Waals surface area contributed by atoms with Crippen LogP contribution in [0.15, 0.2) is 12.1 Å². The predicted molar refractivity (Wildman–Crippen MR) is 99.2 cm³/mol. The number of rotatable bonds is 2. The van der Waals surface area contributed by atoms with Crippen molar-refractivity contribution in [3.8, 4) is 0 Å². The van der Waals surface area contributed by atoms with Crippen molar-refractivity contribution in [2.24, 2.45) is 0 Å². The van der Waals surface area contributed by atoms with Gasteiger partial charge < -0.3 is 20.1 Å². The molecule has 0 radical (unpaired) electrons. The van der Waals surface area contributed by atoms with E-state index < -0.39 is 17.1 Å². The van der Waals surface area contributed by atoms with Crippen LogP contribution >= 0.6 is 0 Å². The monoisotopic (exact) mass is 364 g/mol. The third kappa shape index (κ3) is 4.36. The SMILES string of the molecule is COC(=O)c1ccc(N2CCN(C(=O)OC(C)(C)C)C(C)(C)C2)nc1N. The number of nitrogens with zero attached hydrogens (tertiary/aromatic N) is 3. The van der Waals surface area contributed by atoms with Crippen LogP contribution in [0.5, 0.6) is 0 Å². The molecule has 1 fully saturated rings. The predicted octanol–water partition coefficient (Wildman–Crippen LogP) is 2.29. The number of amides is 1. The smallest absolute Gasteiger partial charge is 0.410 e. The fourth-order valence-corrected chi connectivity index (χ4v) is 2.93. The number of ether oxygens (including phenoxy) is 2. The summed E-state index contributed by atoms with van der Waals surface area (Å²) in [7, 11) is 1.30. The maximum absolute atomic E-state index is 12.5. The average molecular weight is 364 g/mol. The number of hydrogen-bond donors (Lipinski definition) is 1. The maximum atomic E-state index is 12.5. The second-order valence-corrected chi connectivity index (χ2v) is 7.96. The number of carbonyl (C=O) groups is 2. The molecule has 1 saturated heterocycles. The fraction of sp³-hybridized carbons (Fsp3) is 0.611. The van der Waals surface area contributed by atoms with E-state index in [0.717, 1.165) is 0 Å². The molecule has 0 spiro atoms. The molecule has 0 aliphatic carbocycles. The second kappa shape index (κ2) is 7.01. The van der Waals surface area contributed by atoms with E-state index >= 15 is 0 Å². The van der Waals surface area contributed by atoms with Crippen molar-refractivity contribution in [1.82, 2.24) is 9.88 Å². The summed E-state index contributed by atoms with van der Waals surface area (Å²) in [6.45, 7) is 11.2. The Labute approximate surface area is 154 Å². The van der Waals surface area contributed by atoms with E-state index in [1.165, 1.54) is 7.11 Å². The van der Waals surface area contributed by atoms with Gasteiger partial charge in [0.05, 0.1) is 12.6 Å². The van der Waals surface area contributed by atoms with Crippen LogP contribution < -0.4 is 10.6 Å². The highest BCUT2D eigenvalue weighted by Crippen LogP contribution is 2.27. The number of nitrogen functional groups attached to an aromatic ring is 1. The molecule has 8 nitrogen and oxygen atoms in total. The van der Waals surface area contributed by atoms with Crippen LogP contribution in [0.1, 0.15) is 45.0 Å². The van der Waals surface area contributed by atoms with Crippen LogP contribution in [0.2, 0.25) is 0 Å². The molecular formula is C18H28N4O4. The first-order chi connectivity index (χ1) is 11.9. The number of pyridine rings is 1. The number of methoxy groups -OCH3 is 1. The highest BCUT2D eigenvalue weighted by molar-refractivity contribution is 5.94. The molecule has 2 N–H and O–H groups in total. The summed E-state index contributed by atoms with van der Waals surface area (Å²) in [5, 5.41) is 0. The van der Waals surface area contributed by atoms with Crippen LogP contribution in [0, 0.1) is 0 Å². The van der Waals surface area contributed by atoms with Crippen LogP contribution in [-0.4, -0.2) is 59.8 Å². The van der Waals surface area contributed by atoms with E-state index in [9.17, 15) is 9.59 Å². The lowest BCUT2D eigenvalue weighted by Crippen LogP contribution is -2.62. The molecule has 1 aromatic rings. The van der Waals surface area contributed by atoms with Gasteiger partial charge in [-0.2, -0.15) is 0 Å². The number of anilines is 2. The first kappa shape index (κ1) is 19.8. The van der Waals surface area contributed by atoms with E-state index in [4.69, 9.17) is 10.5 Å². The number of esters is 1. The molecule has 8 heteroatoms. The molecule has 0 saturated carbocycles. The van der Waals surface area contributed by atoms with Gasteiger partial charge in [-0.05, 0) is 46.8 Å². The zero-order chi connectivity index (χ0) is 19.7. The minimum absolute atomic E-state index is 0.127. The summed E-state index contributed by atoms with van der Waals surface area (Å²) >= 11 is 0. The van der Waals surface area contributed by atoms with Crippen LogP contribution in [0.25, 0.3) is 0 Å². The average Bonchev–Trinajstić information content (AvgIpc) is 2.51. The van der Waals surface area contributed by atoms with E-state index in [-0.39, 0.29) is 17.5 Å². The third-order valence-electron chi connectivity index (χ3n) is 4.16. The van der Waals surface area contributed by atoms with Gasteiger partial charge in [-0.15, -0.1) is 0 Å². The van der Waals surface area contributed by atoms with Gasteiger partial charge in [0, 0.05) is 19.6 Å². The molecule has 144 valence electrons. The van der Waals surface area contributed by atoms with Gasteiger partial charge in [0.2, 0.25) is 0 Å². The lowest BCUT2D eigenvalue weighted by atomic mass is 9.99. The summed E-state index contributed by atoms with van der Waals surface area (Å²) in [6.07, 6.45) is -0.323. The van der Waals surface area contributed by atoms with Crippen molar-refractivity contribution in [2.45, 2.75) is 45.8 Å². The highest BCUT2D eigenvalue weighted by Gasteiger charge is 2.39. The topological polar surface area (TPSA) is 98.0 Å². The molecule has 1 aromatic heterocycles. The molecule has 0 atom stereocenters. The minimum Gasteiger partial charge on any atom is -0.465 e. The summed E-state index contributed by atoms with van der Waals surface area (Å²) in [5.74, 6) is 0.269. The lowest BCUT2D eigenvalue weighted by molar-refractivity contribution is 0.000289. The molecule has 2 heterocycles.